The van der Waals surface area contributed by atoms with Crippen LogP contribution in [-0.4, -0.2) is 25.7 Å². The quantitative estimate of drug-likeness (QED) is 0.785. The van der Waals surface area contributed by atoms with Gasteiger partial charge in [-0.15, -0.1) is 0 Å². The summed E-state index contributed by atoms with van der Waals surface area (Å²) >= 11 is 0. The van der Waals surface area contributed by atoms with E-state index in [1.807, 2.05) is 11.0 Å². The molecule has 2 heterocycles. The highest BCUT2D eigenvalue weighted by atomic mass is 16.5. The molecule has 0 N–H and O–H groups in total. The lowest BCUT2D eigenvalue weighted by Crippen LogP contribution is -2.39. The maximum Gasteiger partial charge on any atom is 0.230 e. The molecule has 1 unspecified atom stereocenters. The molecule has 0 radical (unpaired) electrons. The van der Waals surface area contributed by atoms with Crippen LogP contribution in [0.25, 0.3) is 0 Å². The van der Waals surface area contributed by atoms with E-state index in [0.29, 0.717) is 11.8 Å². The molecule has 1 amide bonds. The van der Waals surface area contributed by atoms with Crippen LogP contribution < -0.4 is 4.90 Å². The number of hydrogen-bond donors (Lipinski definition) is 0. The van der Waals surface area contributed by atoms with Crippen LogP contribution in [0.1, 0.15) is 44.1 Å². The van der Waals surface area contributed by atoms with Crippen molar-refractivity contribution in [2.24, 2.45) is 5.92 Å². The van der Waals surface area contributed by atoms with Crippen molar-refractivity contribution in [1.29, 1.82) is 0 Å². The maximum absolute atomic E-state index is 12.8. The second kappa shape index (κ2) is 5.96. The lowest BCUT2D eigenvalue weighted by molar-refractivity contribution is -0.125. The monoisotopic (exact) mass is 273 g/mol. The molecule has 1 aromatic rings. The van der Waals surface area contributed by atoms with E-state index in [4.69, 9.17) is 4.74 Å². The molecule has 1 atom stereocenters. The van der Waals surface area contributed by atoms with E-state index in [-0.39, 0.29) is 5.92 Å². The molecular formula is C17H23NO2. The number of fused-ring (bicyclic) bond motifs is 1. The van der Waals surface area contributed by atoms with Gasteiger partial charge in [0.25, 0.3) is 0 Å². The Morgan fingerprint density at radius 2 is 1.95 bits per heavy atom. The van der Waals surface area contributed by atoms with Crippen LogP contribution in [-0.2, 0) is 9.53 Å². The highest BCUT2D eigenvalue weighted by Crippen LogP contribution is 2.35. The van der Waals surface area contributed by atoms with E-state index >= 15 is 0 Å². The minimum Gasteiger partial charge on any atom is -0.381 e. The van der Waals surface area contributed by atoms with Gasteiger partial charge in [-0.3, -0.25) is 4.79 Å². The van der Waals surface area contributed by atoms with Crippen molar-refractivity contribution in [1.82, 2.24) is 0 Å². The lowest BCUT2D eigenvalue weighted by atomic mass is 9.95. The largest absolute Gasteiger partial charge is 0.381 e. The van der Waals surface area contributed by atoms with Gasteiger partial charge >= 0.3 is 0 Å². The summed E-state index contributed by atoms with van der Waals surface area (Å²) in [6, 6.07) is 8.41. The Kier molecular flexibility index (Phi) is 4.06. The summed E-state index contributed by atoms with van der Waals surface area (Å²) in [4.78, 5) is 14.9. The first-order valence-corrected chi connectivity index (χ1v) is 7.75. The summed E-state index contributed by atoms with van der Waals surface area (Å²) in [6.07, 6.45) is 3.99. The van der Waals surface area contributed by atoms with Crippen molar-refractivity contribution in [3.05, 3.63) is 29.8 Å². The number of rotatable bonds is 1. The van der Waals surface area contributed by atoms with E-state index in [2.05, 4.69) is 25.1 Å². The average Bonchev–Trinajstić information content (AvgIpc) is 2.67. The first-order chi connectivity index (χ1) is 9.77. The fourth-order valence-electron chi connectivity index (χ4n) is 3.38. The van der Waals surface area contributed by atoms with Crippen molar-refractivity contribution in [2.45, 2.75) is 38.5 Å². The molecule has 1 aromatic carbocycles. The average molecular weight is 273 g/mol. The van der Waals surface area contributed by atoms with Gasteiger partial charge in [-0.1, -0.05) is 25.1 Å². The van der Waals surface area contributed by atoms with Crippen molar-refractivity contribution < 1.29 is 9.53 Å². The summed E-state index contributed by atoms with van der Waals surface area (Å²) in [6.45, 7) is 4.57. The molecule has 1 saturated heterocycles. The van der Waals surface area contributed by atoms with E-state index in [1.165, 1.54) is 5.56 Å². The zero-order valence-electron chi connectivity index (χ0n) is 12.2. The Labute approximate surface area is 120 Å². The second-order valence-electron chi connectivity index (χ2n) is 5.98. The normalized spacial score (nSPS) is 24.1. The van der Waals surface area contributed by atoms with Gasteiger partial charge in [0.2, 0.25) is 5.91 Å². The molecular weight excluding hydrogens is 250 g/mol. The lowest BCUT2D eigenvalue weighted by Gasteiger charge is -2.29. The van der Waals surface area contributed by atoms with Crippen molar-refractivity contribution in [2.75, 3.05) is 24.7 Å². The van der Waals surface area contributed by atoms with Crippen LogP contribution in [0, 0.1) is 5.92 Å². The fourth-order valence-corrected chi connectivity index (χ4v) is 3.38. The van der Waals surface area contributed by atoms with Gasteiger partial charge < -0.3 is 9.64 Å². The van der Waals surface area contributed by atoms with Crippen LogP contribution in [0.4, 0.5) is 5.69 Å². The molecule has 2 aliphatic rings. The zero-order chi connectivity index (χ0) is 13.9. The Hall–Kier alpha value is -1.35. The summed E-state index contributed by atoms with van der Waals surface area (Å²) in [5.41, 5.74) is 2.46. The van der Waals surface area contributed by atoms with Crippen molar-refractivity contribution >= 4 is 11.6 Å². The van der Waals surface area contributed by atoms with E-state index < -0.39 is 0 Å². The number of nitrogens with zero attached hydrogens (tertiary/aromatic N) is 1. The zero-order valence-corrected chi connectivity index (χ0v) is 12.2. The molecule has 3 nitrogen and oxygen atoms in total. The number of anilines is 1. The van der Waals surface area contributed by atoms with Gasteiger partial charge in [0.15, 0.2) is 0 Å². The van der Waals surface area contributed by atoms with Gasteiger partial charge in [-0.2, -0.15) is 0 Å². The van der Waals surface area contributed by atoms with Crippen LogP contribution in [0.3, 0.4) is 0 Å². The predicted octanol–water partition coefficient (Wildman–Crippen LogP) is 3.34. The van der Waals surface area contributed by atoms with Crippen LogP contribution in [0.5, 0.6) is 0 Å². The van der Waals surface area contributed by atoms with Crippen molar-refractivity contribution in [3.8, 4) is 0 Å². The van der Waals surface area contributed by atoms with Gasteiger partial charge in [0, 0.05) is 31.4 Å². The van der Waals surface area contributed by atoms with Gasteiger partial charge in [0.1, 0.15) is 0 Å². The Morgan fingerprint density at radius 3 is 2.75 bits per heavy atom. The minimum atomic E-state index is 0.144. The summed E-state index contributed by atoms with van der Waals surface area (Å²) in [5.74, 6) is 0.985. The number of para-hydroxylation sites is 1. The molecule has 2 aliphatic heterocycles. The molecule has 20 heavy (non-hydrogen) atoms. The summed E-state index contributed by atoms with van der Waals surface area (Å²) < 4.78 is 5.38. The third kappa shape index (κ3) is 2.59. The smallest absolute Gasteiger partial charge is 0.230 e. The number of benzene rings is 1. The molecule has 0 saturated carbocycles. The predicted molar refractivity (Wildman–Crippen MR) is 80.0 cm³/mol. The van der Waals surface area contributed by atoms with Gasteiger partial charge in [-0.05, 0) is 43.2 Å². The third-order valence-corrected chi connectivity index (χ3v) is 4.61. The maximum atomic E-state index is 12.8. The number of hydrogen-bond acceptors (Lipinski definition) is 2. The van der Waals surface area contributed by atoms with Crippen LogP contribution in [0.2, 0.25) is 0 Å². The van der Waals surface area contributed by atoms with Crippen LogP contribution >= 0.6 is 0 Å². The first kappa shape index (κ1) is 13.6. The molecule has 0 spiro atoms. The molecule has 108 valence electrons. The highest BCUT2D eigenvalue weighted by molar-refractivity contribution is 5.96. The Balaban J connectivity index is 1.88. The summed E-state index contributed by atoms with van der Waals surface area (Å²) in [5, 5.41) is 0. The Morgan fingerprint density at radius 1 is 1.20 bits per heavy atom. The summed E-state index contributed by atoms with van der Waals surface area (Å²) in [7, 11) is 0. The molecule has 3 heteroatoms. The Bertz CT molecular complexity index is 480. The van der Waals surface area contributed by atoms with E-state index in [1.54, 1.807) is 0 Å². The molecule has 1 fully saturated rings. The van der Waals surface area contributed by atoms with E-state index in [0.717, 1.165) is 51.1 Å². The first-order valence-electron chi connectivity index (χ1n) is 7.75. The molecule has 0 bridgehead atoms. The fraction of sp³-hybridized carbons (Fsp3) is 0.588. The molecule has 0 aliphatic carbocycles. The van der Waals surface area contributed by atoms with E-state index in [9.17, 15) is 4.79 Å². The highest BCUT2D eigenvalue weighted by Gasteiger charge is 2.30. The molecule has 3 rings (SSSR count). The standard InChI is InChI=1S/C17H23NO2/c1-13-5-4-10-18(16-7-3-2-6-15(13)16)17(19)14-8-11-20-12-9-14/h2-3,6-7,13-14H,4-5,8-12H2,1H3. The second-order valence-corrected chi connectivity index (χ2v) is 5.98. The number of carbonyl (C=O) groups excluding carboxylic acids is 1. The number of carbonyl (C=O) groups is 1. The van der Waals surface area contributed by atoms with Crippen molar-refractivity contribution in [3.63, 3.8) is 0 Å². The van der Waals surface area contributed by atoms with Crippen LogP contribution in [0.15, 0.2) is 24.3 Å². The minimum absolute atomic E-state index is 0.144. The number of amides is 1. The molecule has 0 aromatic heterocycles. The number of ether oxygens (including phenoxy) is 1. The third-order valence-electron chi connectivity index (χ3n) is 4.61. The SMILES string of the molecule is CC1CCCN(C(=O)C2CCOCC2)c2ccccc21. The van der Waals surface area contributed by atoms with Gasteiger partial charge in [-0.25, -0.2) is 0 Å². The van der Waals surface area contributed by atoms with Gasteiger partial charge in [0.05, 0.1) is 0 Å². The topological polar surface area (TPSA) is 29.5 Å².